The number of hydrogen-bond acceptors (Lipinski definition) is 6. The van der Waals surface area contributed by atoms with Crippen molar-refractivity contribution < 1.29 is 32.4 Å². The van der Waals surface area contributed by atoms with Gasteiger partial charge in [-0.3, -0.25) is 14.9 Å². The van der Waals surface area contributed by atoms with Gasteiger partial charge in [-0.1, -0.05) is 12.1 Å². The van der Waals surface area contributed by atoms with Gasteiger partial charge in [-0.25, -0.2) is 0 Å². The Morgan fingerprint density at radius 1 is 1.17 bits per heavy atom. The van der Waals surface area contributed by atoms with E-state index in [9.17, 15) is 28.1 Å². The van der Waals surface area contributed by atoms with Crippen LogP contribution in [-0.2, 0) is 17.5 Å². The summed E-state index contributed by atoms with van der Waals surface area (Å²) in [5.41, 5.74) is -0.658. The van der Waals surface area contributed by atoms with Gasteiger partial charge in [0, 0.05) is 43.7 Å². The minimum Gasteiger partial charge on any atom is -0.486 e. The molecule has 11 heteroatoms. The highest BCUT2D eigenvalue weighted by Crippen LogP contribution is 2.38. The van der Waals surface area contributed by atoms with Gasteiger partial charge in [0.05, 0.1) is 10.5 Å². The quantitative estimate of drug-likeness (QED) is 0.430. The van der Waals surface area contributed by atoms with Crippen molar-refractivity contribution in [2.24, 2.45) is 5.92 Å². The first-order chi connectivity index (χ1) is 16.7. The molecule has 8 nitrogen and oxygen atoms in total. The molecular formula is C24H26F3N3O5. The summed E-state index contributed by atoms with van der Waals surface area (Å²) in [6, 6.07) is 8.14. The predicted molar refractivity (Wildman–Crippen MR) is 122 cm³/mol. The van der Waals surface area contributed by atoms with E-state index in [1.807, 2.05) is 25.1 Å². The molecule has 2 aliphatic rings. The number of piperidine rings is 1. The molecule has 1 fully saturated rings. The number of carbonyl (C=O) groups excluding carboxylic acids is 1. The molecule has 0 saturated carbocycles. The Hall–Kier alpha value is -3.50. The van der Waals surface area contributed by atoms with Gasteiger partial charge < -0.3 is 19.3 Å². The maximum absolute atomic E-state index is 13.3. The first-order valence-electron chi connectivity index (χ1n) is 11.5. The number of alkyl halides is 3. The lowest BCUT2D eigenvalue weighted by molar-refractivity contribution is -0.384. The number of anilines is 1. The average molecular weight is 493 g/mol. The van der Waals surface area contributed by atoms with Crippen molar-refractivity contribution >= 4 is 17.3 Å². The van der Waals surface area contributed by atoms with E-state index >= 15 is 0 Å². The number of benzene rings is 2. The van der Waals surface area contributed by atoms with E-state index in [0.717, 1.165) is 17.7 Å². The predicted octanol–water partition coefficient (Wildman–Crippen LogP) is 4.65. The Labute approximate surface area is 200 Å². The van der Waals surface area contributed by atoms with Crippen molar-refractivity contribution in [1.82, 2.24) is 4.90 Å². The van der Waals surface area contributed by atoms with Crippen LogP contribution in [0.25, 0.3) is 0 Å². The summed E-state index contributed by atoms with van der Waals surface area (Å²) in [4.78, 5) is 27.4. The zero-order valence-electron chi connectivity index (χ0n) is 19.2. The van der Waals surface area contributed by atoms with Crippen molar-refractivity contribution in [3.8, 4) is 11.5 Å². The molecular weight excluding hydrogens is 467 g/mol. The number of amides is 1. The monoisotopic (exact) mass is 493 g/mol. The van der Waals surface area contributed by atoms with E-state index in [4.69, 9.17) is 9.47 Å². The summed E-state index contributed by atoms with van der Waals surface area (Å²) in [5, 5.41) is 11.5. The molecule has 4 rings (SSSR count). The highest BCUT2D eigenvalue weighted by molar-refractivity contribution is 5.79. The van der Waals surface area contributed by atoms with Crippen LogP contribution in [0.2, 0.25) is 0 Å². The van der Waals surface area contributed by atoms with E-state index in [-0.39, 0.29) is 17.5 Å². The van der Waals surface area contributed by atoms with Gasteiger partial charge >= 0.3 is 6.18 Å². The highest BCUT2D eigenvalue weighted by Gasteiger charge is 2.35. The Kier molecular flexibility index (Phi) is 7.04. The molecule has 0 atom stereocenters. The van der Waals surface area contributed by atoms with Gasteiger partial charge in [0.1, 0.15) is 18.9 Å². The number of carbonyl (C=O) groups is 1. The zero-order chi connectivity index (χ0) is 25.2. The van der Waals surface area contributed by atoms with Gasteiger partial charge in [0.25, 0.3) is 5.69 Å². The molecule has 2 aliphatic heterocycles. The van der Waals surface area contributed by atoms with Crippen LogP contribution in [0.5, 0.6) is 11.5 Å². The lowest BCUT2D eigenvalue weighted by Crippen LogP contribution is -2.42. The molecule has 35 heavy (non-hydrogen) atoms. The van der Waals surface area contributed by atoms with Crippen LogP contribution >= 0.6 is 0 Å². The molecule has 0 radical (unpaired) electrons. The summed E-state index contributed by atoms with van der Waals surface area (Å²) in [7, 11) is 0. The van der Waals surface area contributed by atoms with Crippen LogP contribution in [-0.4, -0.2) is 48.6 Å². The fourth-order valence-electron chi connectivity index (χ4n) is 4.55. The van der Waals surface area contributed by atoms with E-state index in [0.29, 0.717) is 69.8 Å². The summed E-state index contributed by atoms with van der Waals surface area (Å²) in [6.45, 7) is 4.34. The standard InChI is InChI=1S/C24H26F3N3O5/c1-2-28(15-17-4-3-5-21-22(17)35-13-12-34-21)23(31)16-8-10-29(11-9-16)19-7-6-18(24(25,26)27)14-20(19)30(32)33/h3-7,14,16H,2,8-13,15H2,1H3. The van der Waals surface area contributed by atoms with Crippen molar-refractivity contribution in [2.45, 2.75) is 32.5 Å². The number of para-hydroxylation sites is 1. The zero-order valence-corrected chi connectivity index (χ0v) is 19.2. The van der Waals surface area contributed by atoms with Crippen LogP contribution in [0.15, 0.2) is 36.4 Å². The lowest BCUT2D eigenvalue weighted by atomic mass is 9.94. The maximum Gasteiger partial charge on any atom is 0.416 e. The Morgan fingerprint density at radius 2 is 1.89 bits per heavy atom. The molecule has 0 spiro atoms. The molecule has 1 saturated heterocycles. The number of fused-ring (bicyclic) bond motifs is 1. The molecule has 0 aromatic heterocycles. The molecule has 0 unspecified atom stereocenters. The topological polar surface area (TPSA) is 85.2 Å². The van der Waals surface area contributed by atoms with Crippen LogP contribution in [0.4, 0.5) is 24.5 Å². The second kappa shape index (κ2) is 10.0. The minimum absolute atomic E-state index is 0.0246. The fraction of sp³-hybridized carbons (Fsp3) is 0.458. The maximum atomic E-state index is 13.3. The van der Waals surface area contributed by atoms with Gasteiger partial charge in [-0.2, -0.15) is 13.2 Å². The second-order valence-electron chi connectivity index (χ2n) is 8.51. The van der Waals surface area contributed by atoms with E-state index in [2.05, 4.69) is 0 Å². The van der Waals surface area contributed by atoms with Crippen molar-refractivity contribution in [2.75, 3.05) is 37.7 Å². The molecule has 0 bridgehead atoms. The minimum atomic E-state index is -4.67. The number of nitro groups is 1. The van der Waals surface area contributed by atoms with Gasteiger partial charge in [0.15, 0.2) is 11.5 Å². The summed E-state index contributed by atoms with van der Waals surface area (Å²) < 4.78 is 50.4. The molecule has 0 aliphatic carbocycles. The third-order valence-corrected chi connectivity index (χ3v) is 6.39. The largest absolute Gasteiger partial charge is 0.486 e. The van der Waals surface area contributed by atoms with Crippen molar-refractivity contribution in [3.05, 3.63) is 57.6 Å². The fourth-order valence-corrected chi connectivity index (χ4v) is 4.55. The molecule has 2 aromatic rings. The third-order valence-electron chi connectivity index (χ3n) is 6.39. The molecule has 2 heterocycles. The summed E-state index contributed by atoms with van der Waals surface area (Å²) in [6.07, 6.45) is -3.78. The SMILES string of the molecule is CCN(Cc1cccc2c1OCCO2)C(=O)C1CCN(c2ccc(C(F)(F)F)cc2[N+](=O)[O-])CC1. The Balaban J connectivity index is 1.44. The average Bonchev–Trinajstić information content (AvgIpc) is 2.86. The number of ether oxygens (including phenoxy) is 2. The number of nitrogens with zero attached hydrogens (tertiary/aromatic N) is 3. The van der Waals surface area contributed by atoms with Gasteiger partial charge in [-0.05, 0) is 38.0 Å². The number of hydrogen-bond donors (Lipinski definition) is 0. The van der Waals surface area contributed by atoms with Crippen LogP contribution < -0.4 is 14.4 Å². The van der Waals surface area contributed by atoms with Crippen LogP contribution in [0, 0.1) is 16.0 Å². The first-order valence-corrected chi connectivity index (χ1v) is 11.5. The lowest BCUT2D eigenvalue weighted by Gasteiger charge is -2.35. The summed E-state index contributed by atoms with van der Waals surface area (Å²) in [5.74, 6) is 0.998. The van der Waals surface area contributed by atoms with Gasteiger partial charge in [0.2, 0.25) is 5.91 Å². The highest BCUT2D eigenvalue weighted by atomic mass is 19.4. The van der Waals surface area contributed by atoms with Crippen molar-refractivity contribution in [1.29, 1.82) is 0 Å². The van der Waals surface area contributed by atoms with Crippen LogP contribution in [0.1, 0.15) is 30.9 Å². The Morgan fingerprint density at radius 3 is 2.54 bits per heavy atom. The van der Waals surface area contributed by atoms with E-state index in [1.165, 1.54) is 0 Å². The molecule has 1 amide bonds. The molecule has 0 N–H and O–H groups in total. The van der Waals surface area contributed by atoms with Crippen molar-refractivity contribution in [3.63, 3.8) is 0 Å². The smallest absolute Gasteiger partial charge is 0.416 e. The number of halogens is 3. The normalized spacial score (nSPS) is 16.2. The number of nitro benzene ring substituents is 1. The Bertz CT molecular complexity index is 1100. The number of rotatable bonds is 6. The second-order valence-corrected chi connectivity index (χ2v) is 8.51. The molecule has 2 aromatic carbocycles. The van der Waals surface area contributed by atoms with E-state index < -0.39 is 22.4 Å². The van der Waals surface area contributed by atoms with E-state index in [1.54, 1.807) is 9.80 Å². The van der Waals surface area contributed by atoms with Gasteiger partial charge in [-0.15, -0.1) is 0 Å². The molecule has 188 valence electrons. The summed E-state index contributed by atoms with van der Waals surface area (Å²) >= 11 is 0. The first kappa shape index (κ1) is 24.6. The third kappa shape index (κ3) is 5.28. The van der Waals surface area contributed by atoms with Crippen LogP contribution in [0.3, 0.4) is 0 Å².